The molecule has 0 aliphatic rings. The number of nitrogens with zero attached hydrogens (tertiary/aromatic N) is 3. The van der Waals surface area contributed by atoms with Crippen LogP contribution in [0.4, 0.5) is 5.69 Å². The van der Waals surface area contributed by atoms with Crippen LogP contribution in [0.2, 0.25) is 0 Å². The molecule has 1 aromatic heterocycles. The van der Waals surface area contributed by atoms with Crippen molar-refractivity contribution in [3.05, 3.63) is 47.8 Å². The van der Waals surface area contributed by atoms with Crippen molar-refractivity contribution in [1.82, 2.24) is 9.78 Å². The molecule has 20 heavy (non-hydrogen) atoms. The molecule has 0 radical (unpaired) electrons. The number of benzene rings is 1. The summed E-state index contributed by atoms with van der Waals surface area (Å²) < 4.78 is 1.81. The highest BCUT2D eigenvalue weighted by atomic mass is 35.5. The molecule has 0 bridgehead atoms. The van der Waals surface area contributed by atoms with E-state index in [-0.39, 0.29) is 11.8 Å². The van der Waals surface area contributed by atoms with Crippen LogP contribution in [0.5, 0.6) is 0 Å². The highest BCUT2D eigenvalue weighted by Crippen LogP contribution is 2.25. The molecule has 0 saturated heterocycles. The summed E-state index contributed by atoms with van der Waals surface area (Å²) >= 11 is 5.75. The first-order chi connectivity index (χ1) is 9.63. The average Bonchev–Trinajstić information content (AvgIpc) is 2.94. The number of alkyl halides is 1. The van der Waals surface area contributed by atoms with Gasteiger partial charge in [-0.05, 0) is 31.0 Å². The molecule has 0 spiro atoms. The van der Waals surface area contributed by atoms with Crippen molar-refractivity contribution in [3.8, 4) is 0 Å². The molecule has 1 heterocycles. The second-order valence-corrected chi connectivity index (χ2v) is 4.96. The van der Waals surface area contributed by atoms with Crippen LogP contribution in [0.15, 0.2) is 36.7 Å². The van der Waals surface area contributed by atoms with Crippen LogP contribution in [0.3, 0.4) is 0 Å². The molecule has 5 heteroatoms. The molecule has 0 unspecified atom stereocenters. The molecule has 0 saturated carbocycles. The van der Waals surface area contributed by atoms with Crippen LogP contribution in [-0.4, -0.2) is 28.1 Å². The fraction of sp³-hybridized carbons (Fsp3) is 0.333. The molecule has 106 valence electrons. The van der Waals surface area contributed by atoms with E-state index < -0.39 is 0 Å². The zero-order chi connectivity index (χ0) is 14.5. The highest BCUT2D eigenvalue weighted by molar-refractivity contribution is 6.29. The van der Waals surface area contributed by atoms with Crippen LogP contribution in [0.25, 0.3) is 0 Å². The van der Waals surface area contributed by atoms with Crippen molar-refractivity contribution in [2.24, 2.45) is 0 Å². The predicted octanol–water partition coefficient (Wildman–Crippen LogP) is 2.77. The minimum absolute atomic E-state index is 0.0210. The van der Waals surface area contributed by atoms with Gasteiger partial charge in [0.25, 0.3) is 0 Å². The van der Waals surface area contributed by atoms with Crippen LogP contribution in [-0.2, 0) is 11.3 Å². The zero-order valence-electron chi connectivity index (χ0n) is 11.7. The lowest BCUT2D eigenvalue weighted by Crippen LogP contribution is -2.36. The Kier molecular flexibility index (Phi) is 4.79. The van der Waals surface area contributed by atoms with Crippen LogP contribution in [0, 0.1) is 13.8 Å². The second kappa shape index (κ2) is 6.57. The Morgan fingerprint density at radius 2 is 2.00 bits per heavy atom. The molecule has 4 nitrogen and oxygen atoms in total. The van der Waals surface area contributed by atoms with Gasteiger partial charge in [0.05, 0.1) is 6.54 Å². The number of aromatic nitrogens is 2. The summed E-state index contributed by atoms with van der Waals surface area (Å²) in [6, 6.07) is 7.87. The Bertz CT molecular complexity index is 561. The van der Waals surface area contributed by atoms with E-state index in [1.54, 1.807) is 11.1 Å². The fourth-order valence-corrected chi connectivity index (χ4v) is 2.44. The van der Waals surface area contributed by atoms with Gasteiger partial charge < -0.3 is 4.90 Å². The van der Waals surface area contributed by atoms with E-state index in [0.717, 1.165) is 16.8 Å². The van der Waals surface area contributed by atoms with Gasteiger partial charge in [-0.3, -0.25) is 9.48 Å². The minimum atomic E-state index is -0.0868. The van der Waals surface area contributed by atoms with Gasteiger partial charge in [-0.15, -0.1) is 11.6 Å². The van der Waals surface area contributed by atoms with Crippen molar-refractivity contribution in [2.75, 3.05) is 17.3 Å². The van der Waals surface area contributed by atoms with E-state index in [2.05, 4.69) is 5.10 Å². The smallest absolute Gasteiger partial charge is 0.241 e. The van der Waals surface area contributed by atoms with Gasteiger partial charge in [-0.1, -0.05) is 18.2 Å². The van der Waals surface area contributed by atoms with Gasteiger partial charge in [0.2, 0.25) is 5.91 Å². The van der Waals surface area contributed by atoms with Crippen molar-refractivity contribution in [3.63, 3.8) is 0 Å². The van der Waals surface area contributed by atoms with Crippen LogP contribution < -0.4 is 4.90 Å². The highest BCUT2D eigenvalue weighted by Gasteiger charge is 2.18. The van der Waals surface area contributed by atoms with E-state index in [4.69, 9.17) is 11.6 Å². The quantitative estimate of drug-likeness (QED) is 0.795. The van der Waals surface area contributed by atoms with Gasteiger partial charge in [0, 0.05) is 24.6 Å². The molecule has 1 amide bonds. The van der Waals surface area contributed by atoms with E-state index in [9.17, 15) is 4.79 Å². The van der Waals surface area contributed by atoms with Gasteiger partial charge in [-0.25, -0.2) is 0 Å². The SMILES string of the molecule is Cc1cccc(C)c1N(CCn1cccn1)C(=O)CCl. The molecule has 2 rings (SSSR count). The number of hydrogen-bond acceptors (Lipinski definition) is 2. The molecule has 0 fully saturated rings. The monoisotopic (exact) mass is 291 g/mol. The number of carbonyl (C=O) groups is 1. The molecule has 0 atom stereocenters. The van der Waals surface area contributed by atoms with E-state index in [0.29, 0.717) is 13.1 Å². The number of anilines is 1. The zero-order valence-corrected chi connectivity index (χ0v) is 12.5. The third kappa shape index (κ3) is 3.20. The molecular weight excluding hydrogens is 274 g/mol. The molecule has 2 aromatic rings. The normalized spacial score (nSPS) is 10.6. The molecule has 0 N–H and O–H groups in total. The number of halogens is 1. The van der Waals surface area contributed by atoms with Crippen molar-refractivity contribution < 1.29 is 4.79 Å². The Labute approximate surface area is 124 Å². The van der Waals surface area contributed by atoms with E-state index in [1.165, 1.54) is 0 Å². The number of rotatable bonds is 5. The maximum atomic E-state index is 12.1. The lowest BCUT2D eigenvalue weighted by atomic mass is 10.1. The maximum Gasteiger partial charge on any atom is 0.241 e. The van der Waals surface area contributed by atoms with Crippen molar-refractivity contribution >= 4 is 23.2 Å². The second-order valence-electron chi connectivity index (χ2n) is 4.69. The number of para-hydroxylation sites is 1. The Hall–Kier alpha value is -1.81. The minimum Gasteiger partial charge on any atom is -0.309 e. The summed E-state index contributed by atoms with van der Waals surface area (Å²) in [5, 5.41) is 4.16. The fourth-order valence-electron chi connectivity index (χ4n) is 2.30. The molecule has 0 aliphatic heterocycles. The van der Waals surface area contributed by atoms with E-state index in [1.807, 2.05) is 49.0 Å². The predicted molar refractivity (Wildman–Crippen MR) is 81.2 cm³/mol. The Balaban J connectivity index is 2.25. The number of hydrogen-bond donors (Lipinski definition) is 0. The number of carbonyl (C=O) groups excluding carboxylic acids is 1. The standard InChI is InChI=1S/C15H18ClN3O/c1-12-5-3-6-13(2)15(12)19(14(20)11-16)10-9-18-8-4-7-17-18/h3-8H,9-11H2,1-2H3. The molecule has 1 aromatic carbocycles. The first kappa shape index (κ1) is 14.6. The van der Waals surface area contributed by atoms with E-state index >= 15 is 0 Å². The van der Waals surface area contributed by atoms with Gasteiger partial charge in [-0.2, -0.15) is 5.10 Å². The third-order valence-corrected chi connectivity index (χ3v) is 3.47. The number of amides is 1. The van der Waals surface area contributed by atoms with Gasteiger partial charge >= 0.3 is 0 Å². The van der Waals surface area contributed by atoms with Gasteiger partial charge in [0.1, 0.15) is 5.88 Å². The van der Waals surface area contributed by atoms with Crippen LogP contribution in [0.1, 0.15) is 11.1 Å². The summed E-state index contributed by atoms with van der Waals surface area (Å²) in [4.78, 5) is 13.9. The molecular formula is C15H18ClN3O. The summed E-state index contributed by atoms with van der Waals surface area (Å²) in [7, 11) is 0. The summed E-state index contributed by atoms with van der Waals surface area (Å²) in [6.07, 6.45) is 3.61. The Morgan fingerprint density at radius 3 is 2.55 bits per heavy atom. The Morgan fingerprint density at radius 1 is 1.30 bits per heavy atom. The molecule has 0 aliphatic carbocycles. The lowest BCUT2D eigenvalue weighted by Gasteiger charge is -2.25. The van der Waals surface area contributed by atoms with Crippen molar-refractivity contribution in [2.45, 2.75) is 20.4 Å². The summed E-state index contributed by atoms with van der Waals surface area (Å²) in [5.74, 6) is -0.108. The first-order valence-corrected chi connectivity index (χ1v) is 7.07. The average molecular weight is 292 g/mol. The lowest BCUT2D eigenvalue weighted by molar-refractivity contribution is -0.116. The first-order valence-electron chi connectivity index (χ1n) is 6.53. The number of aryl methyl sites for hydroxylation is 2. The van der Waals surface area contributed by atoms with Gasteiger partial charge in [0.15, 0.2) is 0 Å². The summed E-state index contributed by atoms with van der Waals surface area (Å²) in [5.41, 5.74) is 3.10. The topological polar surface area (TPSA) is 38.1 Å². The largest absolute Gasteiger partial charge is 0.309 e. The third-order valence-electron chi connectivity index (χ3n) is 3.24. The maximum absolute atomic E-state index is 12.1. The van der Waals surface area contributed by atoms with Crippen LogP contribution >= 0.6 is 11.6 Å². The summed E-state index contributed by atoms with van der Waals surface area (Å²) in [6.45, 7) is 5.21. The van der Waals surface area contributed by atoms with Crippen molar-refractivity contribution in [1.29, 1.82) is 0 Å².